The van der Waals surface area contributed by atoms with Crippen molar-refractivity contribution in [1.82, 2.24) is 9.78 Å². The SMILES string of the molecule is Cc1ccccc1[C@H](CC(N=O)c1ccc(=O)n(C)n1)c1ccc(Br)cc1. The van der Waals surface area contributed by atoms with Crippen molar-refractivity contribution in [2.75, 3.05) is 0 Å². The van der Waals surface area contributed by atoms with Crippen LogP contribution in [0.3, 0.4) is 0 Å². The predicted molar refractivity (Wildman–Crippen MR) is 110 cm³/mol. The van der Waals surface area contributed by atoms with Crippen LogP contribution >= 0.6 is 15.9 Å². The quantitative estimate of drug-likeness (QED) is 0.528. The van der Waals surface area contributed by atoms with Crippen LogP contribution in [0.5, 0.6) is 0 Å². The van der Waals surface area contributed by atoms with Gasteiger partial charge in [0.25, 0.3) is 5.56 Å². The predicted octanol–water partition coefficient (Wildman–Crippen LogP) is 4.88. The molecule has 0 spiro atoms. The second kappa shape index (κ2) is 8.39. The van der Waals surface area contributed by atoms with Gasteiger partial charge in [0.15, 0.2) is 0 Å². The molecule has 5 nitrogen and oxygen atoms in total. The van der Waals surface area contributed by atoms with Crippen LogP contribution in [0, 0.1) is 11.8 Å². The Kier molecular flexibility index (Phi) is 5.96. The smallest absolute Gasteiger partial charge is 0.266 e. The van der Waals surface area contributed by atoms with Gasteiger partial charge >= 0.3 is 0 Å². The minimum Gasteiger partial charge on any atom is -0.268 e. The van der Waals surface area contributed by atoms with Crippen LogP contribution in [-0.2, 0) is 7.05 Å². The third-order valence-electron chi connectivity index (χ3n) is 4.74. The van der Waals surface area contributed by atoms with Crippen LogP contribution in [-0.4, -0.2) is 9.78 Å². The van der Waals surface area contributed by atoms with Gasteiger partial charge in [0.05, 0.1) is 5.69 Å². The molecule has 0 amide bonds. The Morgan fingerprint density at radius 2 is 1.78 bits per heavy atom. The summed E-state index contributed by atoms with van der Waals surface area (Å²) in [5.41, 5.74) is 3.70. The van der Waals surface area contributed by atoms with E-state index in [9.17, 15) is 9.70 Å². The van der Waals surface area contributed by atoms with Gasteiger partial charge in [-0.2, -0.15) is 10.0 Å². The van der Waals surface area contributed by atoms with E-state index < -0.39 is 6.04 Å². The molecule has 2 atom stereocenters. The van der Waals surface area contributed by atoms with Crippen LogP contribution in [0.2, 0.25) is 0 Å². The molecule has 1 heterocycles. The highest BCUT2D eigenvalue weighted by molar-refractivity contribution is 9.10. The normalized spacial score (nSPS) is 13.1. The summed E-state index contributed by atoms with van der Waals surface area (Å²) in [4.78, 5) is 23.3. The molecule has 138 valence electrons. The largest absolute Gasteiger partial charge is 0.268 e. The molecule has 1 aromatic heterocycles. The van der Waals surface area contributed by atoms with Crippen molar-refractivity contribution in [3.8, 4) is 0 Å². The maximum atomic E-state index is 11.7. The number of rotatable bonds is 6. The number of hydrogen-bond acceptors (Lipinski definition) is 4. The van der Waals surface area contributed by atoms with Crippen molar-refractivity contribution in [3.63, 3.8) is 0 Å². The summed E-state index contributed by atoms with van der Waals surface area (Å²) < 4.78 is 2.23. The maximum Gasteiger partial charge on any atom is 0.266 e. The Balaban J connectivity index is 2.03. The molecule has 3 rings (SSSR count). The van der Waals surface area contributed by atoms with E-state index in [4.69, 9.17) is 0 Å². The van der Waals surface area contributed by atoms with Crippen LogP contribution in [0.4, 0.5) is 0 Å². The van der Waals surface area contributed by atoms with E-state index in [-0.39, 0.29) is 11.5 Å². The van der Waals surface area contributed by atoms with E-state index in [0.717, 1.165) is 21.2 Å². The molecular weight excluding hydrogens is 406 g/mol. The van der Waals surface area contributed by atoms with Gasteiger partial charge in [-0.3, -0.25) is 4.79 Å². The Bertz CT molecular complexity index is 999. The highest BCUT2D eigenvalue weighted by Gasteiger charge is 2.24. The molecule has 0 fully saturated rings. The number of nitroso groups, excluding NO2 is 1. The van der Waals surface area contributed by atoms with Gasteiger partial charge in [0.1, 0.15) is 6.04 Å². The van der Waals surface area contributed by atoms with Gasteiger partial charge in [-0.05, 0) is 48.2 Å². The van der Waals surface area contributed by atoms with Crippen molar-refractivity contribution in [3.05, 3.63) is 103 Å². The molecule has 0 aliphatic heterocycles. The van der Waals surface area contributed by atoms with E-state index in [1.807, 2.05) is 24.3 Å². The average molecular weight is 426 g/mol. The Morgan fingerprint density at radius 3 is 2.41 bits per heavy atom. The summed E-state index contributed by atoms with van der Waals surface area (Å²) in [5, 5.41) is 7.55. The lowest BCUT2D eigenvalue weighted by atomic mass is 9.83. The van der Waals surface area contributed by atoms with Crippen molar-refractivity contribution in [1.29, 1.82) is 0 Å². The zero-order chi connectivity index (χ0) is 19.4. The average Bonchev–Trinajstić information content (AvgIpc) is 2.67. The summed E-state index contributed by atoms with van der Waals surface area (Å²) >= 11 is 3.47. The van der Waals surface area contributed by atoms with Gasteiger partial charge in [-0.1, -0.05) is 57.5 Å². The van der Waals surface area contributed by atoms with Crippen LogP contribution < -0.4 is 5.56 Å². The Morgan fingerprint density at radius 1 is 1.07 bits per heavy atom. The molecule has 0 saturated heterocycles. The fourth-order valence-corrected chi connectivity index (χ4v) is 3.52. The second-order valence-corrected chi connectivity index (χ2v) is 7.45. The molecule has 0 saturated carbocycles. The van der Waals surface area contributed by atoms with E-state index in [1.54, 1.807) is 13.1 Å². The summed E-state index contributed by atoms with van der Waals surface area (Å²) in [5.74, 6) is -0.0129. The molecule has 0 bridgehead atoms. The highest BCUT2D eigenvalue weighted by Crippen LogP contribution is 2.36. The zero-order valence-electron chi connectivity index (χ0n) is 15.2. The number of aromatic nitrogens is 2. The van der Waals surface area contributed by atoms with Crippen molar-refractivity contribution in [2.24, 2.45) is 12.2 Å². The lowest BCUT2D eigenvalue weighted by Crippen LogP contribution is -2.20. The summed E-state index contributed by atoms with van der Waals surface area (Å²) in [6.07, 6.45) is 0.473. The standard InChI is InChI=1S/C21H20BrN3O2/c1-14-5-3-4-6-17(14)18(15-7-9-16(22)10-8-15)13-20(24-27)19-11-12-21(26)25(2)23-19/h3-12,18,20H,13H2,1-2H3/t18-,20?/m1/s1. The first kappa shape index (κ1) is 19.2. The molecule has 1 unspecified atom stereocenters. The number of aryl methyl sites for hydroxylation is 2. The fraction of sp³-hybridized carbons (Fsp3) is 0.238. The van der Waals surface area contributed by atoms with E-state index in [1.165, 1.54) is 10.7 Å². The van der Waals surface area contributed by atoms with E-state index in [2.05, 4.69) is 57.4 Å². The van der Waals surface area contributed by atoms with Crippen molar-refractivity contribution in [2.45, 2.75) is 25.3 Å². The molecule has 0 radical (unpaired) electrons. The van der Waals surface area contributed by atoms with Gasteiger partial charge in [0.2, 0.25) is 0 Å². The zero-order valence-corrected chi connectivity index (χ0v) is 16.8. The van der Waals surface area contributed by atoms with E-state index in [0.29, 0.717) is 12.1 Å². The van der Waals surface area contributed by atoms with Crippen LogP contribution in [0.15, 0.2) is 75.1 Å². The van der Waals surface area contributed by atoms with E-state index >= 15 is 0 Å². The first-order valence-corrected chi connectivity index (χ1v) is 9.46. The molecule has 3 aromatic rings. The van der Waals surface area contributed by atoms with Gasteiger partial charge in [-0.15, -0.1) is 0 Å². The van der Waals surface area contributed by atoms with Crippen molar-refractivity contribution < 1.29 is 0 Å². The minimum absolute atomic E-state index is 0.0129. The Labute approximate surface area is 166 Å². The topological polar surface area (TPSA) is 64.3 Å². The van der Waals surface area contributed by atoms with Gasteiger partial charge in [0, 0.05) is 23.5 Å². The monoisotopic (exact) mass is 425 g/mol. The Hall–Kier alpha value is -2.60. The summed E-state index contributed by atoms with van der Waals surface area (Å²) in [6.45, 7) is 2.06. The first-order valence-electron chi connectivity index (χ1n) is 8.67. The third kappa shape index (κ3) is 4.39. The van der Waals surface area contributed by atoms with Crippen LogP contribution in [0.25, 0.3) is 0 Å². The van der Waals surface area contributed by atoms with Crippen LogP contribution in [0.1, 0.15) is 40.8 Å². The number of halogens is 1. The lowest BCUT2D eigenvalue weighted by Gasteiger charge is -2.22. The fourth-order valence-electron chi connectivity index (χ4n) is 3.25. The first-order chi connectivity index (χ1) is 13.0. The highest BCUT2D eigenvalue weighted by atomic mass is 79.9. The molecular formula is C21H20BrN3O2. The molecule has 27 heavy (non-hydrogen) atoms. The molecule has 6 heteroatoms. The number of nitrogens with zero attached hydrogens (tertiary/aromatic N) is 3. The molecule has 0 N–H and O–H groups in total. The maximum absolute atomic E-state index is 11.7. The minimum atomic E-state index is -0.648. The lowest BCUT2D eigenvalue weighted by molar-refractivity contribution is 0.552. The number of benzene rings is 2. The van der Waals surface area contributed by atoms with Gasteiger partial charge in [-0.25, -0.2) is 4.68 Å². The number of hydrogen-bond donors (Lipinski definition) is 0. The summed E-state index contributed by atoms with van der Waals surface area (Å²) in [7, 11) is 1.57. The molecule has 0 aliphatic carbocycles. The van der Waals surface area contributed by atoms with Crippen molar-refractivity contribution >= 4 is 15.9 Å². The molecule has 2 aromatic carbocycles. The summed E-state index contributed by atoms with van der Waals surface area (Å²) in [6, 6.07) is 18.6. The van der Waals surface area contributed by atoms with Gasteiger partial charge < -0.3 is 0 Å². The molecule has 0 aliphatic rings. The second-order valence-electron chi connectivity index (χ2n) is 6.54. The third-order valence-corrected chi connectivity index (χ3v) is 5.27.